The summed E-state index contributed by atoms with van der Waals surface area (Å²) in [5.74, 6) is 0.724. The topological polar surface area (TPSA) is 65.0 Å². The number of hydrogen-bond donors (Lipinski definition) is 2. The molecular weight excluding hydrogens is 366 g/mol. The van der Waals surface area contributed by atoms with E-state index in [-0.39, 0.29) is 12.5 Å². The van der Waals surface area contributed by atoms with Crippen molar-refractivity contribution in [3.05, 3.63) is 65.2 Å². The second-order valence-corrected chi connectivity index (χ2v) is 7.71. The SMILES string of the molecule is CNC(=O)CN(C)Cc1cccc(OC[C@@H](O)CN2CCc3ccccc3C2)c1. The van der Waals surface area contributed by atoms with Crippen LogP contribution in [0.25, 0.3) is 0 Å². The summed E-state index contributed by atoms with van der Waals surface area (Å²) in [6.07, 6.45) is 0.481. The number of aliphatic hydroxyl groups is 1. The molecule has 0 spiro atoms. The van der Waals surface area contributed by atoms with E-state index in [2.05, 4.69) is 34.5 Å². The van der Waals surface area contributed by atoms with E-state index in [4.69, 9.17) is 4.74 Å². The number of hydrogen-bond acceptors (Lipinski definition) is 5. The normalized spacial score (nSPS) is 15.0. The van der Waals surface area contributed by atoms with Crippen molar-refractivity contribution < 1.29 is 14.6 Å². The molecule has 1 heterocycles. The molecule has 1 amide bonds. The fourth-order valence-corrected chi connectivity index (χ4v) is 3.68. The quantitative estimate of drug-likeness (QED) is 0.674. The number of nitrogens with zero attached hydrogens (tertiary/aromatic N) is 2. The average molecular weight is 398 g/mol. The van der Waals surface area contributed by atoms with Crippen LogP contribution in [0, 0.1) is 0 Å². The summed E-state index contributed by atoms with van der Waals surface area (Å²) in [6, 6.07) is 16.3. The lowest BCUT2D eigenvalue weighted by Crippen LogP contribution is -2.38. The van der Waals surface area contributed by atoms with Crippen LogP contribution in [-0.4, -0.2) is 67.3 Å². The summed E-state index contributed by atoms with van der Waals surface area (Å²) in [7, 11) is 3.54. The summed E-state index contributed by atoms with van der Waals surface area (Å²) in [4.78, 5) is 15.7. The highest BCUT2D eigenvalue weighted by Gasteiger charge is 2.18. The van der Waals surface area contributed by atoms with Gasteiger partial charge < -0.3 is 15.2 Å². The lowest BCUT2D eigenvalue weighted by Gasteiger charge is -2.30. The highest BCUT2D eigenvalue weighted by molar-refractivity contribution is 5.77. The largest absolute Gasteiger partial charge is 0.491 e. The van der Waals surface area contributed by atoms with Gasteiger partial charge in [-0.2, -0.15) is 0 Å². The predicted octanol–water partition coefficient (Wildman–Crippen LogP) is 1.66. The van der Waals surface area contributed by atoms with Crippen LogP contribution in [0.2, 0.25) is 0 Å². The van der Waals surface area contributed by atoms with E-state index in [0.717, 1.165) is 30.8 Å². The number of likely N-dealkylation sites (N-methyl/N-ethyl adjacent to an activating group) is 2. The van der Waals surface area contributed by atoms with Crippen molar-refractivity contribution in [3.8, 4) is 5.75 Å². The minimum absolute atomic E-state index is 0.0108. The second kappa shape index (κ2) is 10.4. The zero-order valence-corrected chi connectivity index (χ0v) is 17.3. The van der Waals surface area contributed by atoms with E-state index in [1.807, 2.05) is 36.2 Å². The number of aliphatic hydroxyl groups excluding tert-OH is 1. The zero-order valence-electron chi connectivity index (χ0n) is 17.3. The number of ether oxygens (including phenoxy) is 1. The monoisotopic (exact) mass is 397 g/mol. The Hall–Kier alpha value is -2.41. The maximum atomic E-state index is 11.5. The second-order valence-electron chi connectivity index (χ2n) is 7.71. The van der Waals surface area contributed by atoms with Crippen LogP contribution in [-0.2, 0) is 24.3 Å². The van der Waals surface area contributed by atoms with Crippen LogP contribution in [0.1, 0.15) is 16.7 Å². The van der Waals surface area contributed by atoms with Gasteiger partial charge in [-0.1, -0.05) is 36.4 Å². The fraction of sp³-hybridized carbons (Fsp3) is 0.435. The fourth-order valence-electron chi connectivity index (χ4n) is 3.68. The smallest absolute Gasteiger partial charge is 0.233 e. The van der Waals surface area contributed by atoms with E-state index in [1.165, 1.54) is 11.1 Å². The highest BCUT2D eigenvalue weighted by atomic mass is 16.5. The number of rotatable bonds is 9. The Morgan fingerprint density at radius 3 is 2.83 bits per heavy atom. The summed E-state index contributed by atoms with van der Waals surface area (Å²) >= 11 is 0. The molecule has 2 aromatic rings. The molecule has 1 atom stereocenters. The summed E-state index contributed by atoms with van der Waals surface area (Å²) in [6.45, 7) is 3.69. The zero-order chi connectivity index (χ0) is 20.6. The van der Waals surface area contributed by atoms with Crippen molar-refractivity contribution in [2.24, 2.45) is 0 Å². The summed E-state index contributed by atoms with van der Waals surface area (Å²) < 4.78 is 5.83. The maximum Gasteiger partial charge on any atom is 0.233 e. The average Bonchev–Trinajstić information content (AvgIpc) is 2.72. The molecule has 2 N–H and O–H groups in total. The van der Waals surface area contributed by atoms with Gasteiger partial charge in [0.15, 0.2) is 0 Å². The van der Waals surface area contributed by atoms with Gasteiger partial charge in [0.05, 0.1) is 6.54 Å². The Morgan fingerprint density at radius 2 is 2.03 bits per heavy atom. The first-order chi connectivity index (χ1) is 14.0. The molecule has 2 aromatic carbocycles. The third-order valence-corrected chi connectivity index (χ3v) is 5.16. The first kappa shape index (κ1) is 21.3. The van der Waals surface area contributed by atoms with Gasteiger partial charge >= 0.3 is 0 Å². The molecule has 0 saturated carbocycles. The molecule has 3 rings (SSSR count). The molecule has 0 saturated heterocycles. The van der Waals surface area contributed by atoms with Crippen molar-refractivity contribution in [1.82, 2.24) is 15.1 Å². The van der Waals surface area contributed by atoms with Crippen LogP contribution in [0.4, 0.5) is 0 Å². The van der Waals surface area contributed by atoms with E-state index in [9.17, 15) is 9.90 Å². The molecule has 0 bridgehead atoms. The van der Waals surface area contributed by atoms with E-state index in [1.54, 1.807) is 7.05 Å². The molecule has 0 radical (unpaired) electrons. The first-order valence-corrected chi connectivity index (χ1v) is 10.1. The lowest BCUT2D eigenvalue weighted by molar-refractivity contribution is -0.121. The highest BCUT2D eigenvalue weighted by Crippen LogP contribution is 2.19. The standard InChI is InChI=1S/C23H31N3O3/c1-24-23(28)16-25(2)13-18-6-5-9-22(12-18)29-17-21(27)15-26-11-10-19-7-3-4-8-20(19)14-26/h3-9,12,21,27H,10-11,13-17H2,1-2H3,(H,24,28)/t21-/m0/s1. The van der Waals surface area contributed by atoms with Crippen LogP contribution in [0.15, 0.2) is 48.5 Å². The molecule has 1 aliphatic heterocycles. The van der Waals surface area contributed by atoms with E-state index < -0.39 is 6.10 Å². The molecule has 1 aliphatic rings. The number of carbonyl (C=O) groups is 1. The van der Waals surface area contributed by atoms with Gasteiger partial charge in [0.1, 0.15) is 18.5 Å². The molecule has 6 nitrogen and oxygen atoms in total. The Balaban J connectivity index is 1.45. The predicted molar refractivity (Wildman–Crippen MR) is 114 cm³/mol. The number of amides is 1. The Bertz CT molecular complexity index is 811. The van der Waals surface area contributed by atoms with Gasteiger partial charge in [-0.05, 0) is 42.3 Å². The lowest BCUT2D eigenvalue weighted by atomic mass is 10.00. The van der Waals surface area contributed by atoms with Gasteiger partial charge in [0.25, 0.3) is 0 Å². The summed E-state index contributed by atoms with van der Waals surface area (Å²) in [5.41, 5.74) is 3.82. The third-order valence-electron chi connectivity index (χ3n) is 5.16. The Kier molecular flexibility index (Phi) is 7.63. The number of β-amino-alcohol motifs (C(OH)–C–C–N with tert-alkyl or cyclic N) is 1. The van der Waals surface area contributed by atoms with E-state index >= 15 is 0 Å². The number of carbonyl (C=O) groups excluding carboxylic acids is 1. The van der Waals surface area contributed by atoms with E-state index in [0.29, 0.717) is 19.6 Å². The first-order valence-electron chi connectivity index (χ1n) is 10.1. The minimum atomic E-state index is -0.542. The van der Waals surface area contributed by atoms with Gasteiger partial charge in [-0.15, -0.1) is 0 Å². The van der Waals surface area contributed by atoms with Crippen LogP contribution < -0.4 is 10.1 Å². The van der Waals surface area contributed by atoms with Crippen LogP contribution >= 0.6 is 0 Å². The van der Waals surface area contributed by atoms with Crippen LogP contribution in [0.5, 0.6) is 5.75 Å². The number of benzene rings is 2. The van der Waals surface area contributed by atoms with Crippen LogP contribution in [0.3, 0.4) is 0 Å². The van der Waals surface area contributed by atoms with Crippen molar-refractivity contribution in [2.75, 3.05) is 40.3 Å². The maximum absolute atomic E-state index is 11.5. The number of fused-ring (bicyclic) bond motifs is 1. The van der Waals surface area contributed by atoms with Crippen molar-refractivity contribution in [3.63, 3.8) is 0 Å². The molecule has 0 unspecified atom stereocenters. The Morgan fingerprint density at radius 1 is 1.24 bits per heavy atom. The molecule has 0 aliphatic carbocycles. The van der Waals surface area contributed by atoms with Crippen molar-refractivity contribution in [2.45, 2.75) is 25.6 Å². The summed E-state index contributed by atoms with van der Waals surface area (Å²) in [5, 5.41) is 13.1. The Labute approximate surface area is 173 Å². The van der Waals surface area contributed by atoms with Gasteiger partial charge in [0, 0.05) is 33.2 Å². The molecule has 0 fully saturated rings. The van der Waals surface area contributed by atoms with Crippen molar-refractivity contribution in [1.29, 1.82) is 0 Å². The molecular formula is C23H31N3O3. The van der Waals surface area contributed by atoms with Gasteiger partial charge in [-0.25, -0.2) is 0 Å². The minimum Gasteiger partial charge on any atom is -0.491 e. The third kappa shape index (κ3) is 6.56. The molecule has 156 valence electrons. The van der Waals surface area contributed by atoms with Gasteiger partial charge in [-0.3, -0.25) is 14.6 Å². The molecule has 6 heteroatoms. The van der Waals surface area contributed by atoms with Gasteiger partial charge in [0.2, 0.25) is 5.91 Å². The molecule has 29 heavy (non-hydrogen) atoms. The van der Waals surface area contributed by atoms with Crippen molar-refractivity contribution >= 4 is 5.91 Å². The number of nitrogens with one attached hydrogen (secondary N) is 1. The molecule has 0 aromatic heterocycles.